The molecule has 2 aliphatic rings. The molecular formula is C18H26BrCl2N3O. The molecule has 1 aromatic heterocycles. The van der Waals surface area contributed by atoms with Gasteiger partial charge in [0.2, 0.25) is 0 Å². The third-order valence-corrected chi connectivity index (χ3v) is 5.75. The van der Waals surface area contributed by atoms with Crippen molar-refractivity contribution in [3.05, 3.63) is 34.4 Å². The predicted octanol–water partition coefficient (Wildman–Crippen LogP) is 4.15. The summed E-state index contributed by atoms with van der Waals surface area (Å²) in [5.41, 5.74) is 2.69. The first-order valence-electron chi connectivity index (χ1n) is 8.62. The van der Waals surface area contributed by atoms with Crippen LogP contribution in [0.4, 0.5) is 0 Å². The molecule has 2 aliphatic heterocycles. The second-order valence-electron chi connectivity index (χ2n) is 6.61. The van der Waals surface area contributed by atoms with Crippen molar-refractivity contribution in [3.8, 4) is 0 Å². The van der Waals surface area contributed by atoms with Crippen molar-refractivity contribution >= 4 is 51.6 Å². The molecule has 1 aromatic carbocycles. The smallest absolute Gasteiger partial charge is 0.0469 e. The van der Waals surface area contributed by atoms with Gasteiger partial charge < -0.3 is 15.0 Å². The second kappa shape index (κ2) is 9.58. The lowest BCUT2D eigenvalue weighted by Gasteiger charge is -2.40. The van der Waals surface area contributed by atoms with Gasteiger partial charge >= 0.3 is 0 Å². The molecular weight excluding hydrogens is 425 g/mol. The van der Waals surface area contributed by atoms with Crippen LogP contribution in [0, 0.1) is 5.92 Å². The summed E-state index contributed by atoms with van der Waals surface area (Å²) in [5.74, 6) is 0.680. The number of rotatable bonds is 3. The van der Waals surface area contributed by atoms with Gasteiger partial charge in [-0.1, -0.05) is 15.9 Å². The summed E-state index contributed by atoms with van der Waals surface area (Å²) in [6.45, 7) is 6.24. The summed E-state index contributed by atoms with van der Waals surface area (Å²) in [7, 11) is 0. The van der Waals surface area contributed by atoms with E-state index in [1.807, 2.05) is 0 Å². The first-order valence-corrected chi connectivity index (χ1v) is 9.41. The zero-order valence-electron chi connectivity index (χ0n) is 14.2. The Kier molecular flexibility index (Phi) is 8.05. The van der Waals surface area contributed by atoms with E-state index in [-0.39, 0.29) is 24.8 Å². The zero-order valence-corrected chi connectivity index (χ0v) is 17.4. The highest BCUT2D eigenvalue weighted by Crippen LogP contribution is 2.39. The number of H-pyrrole nitrogens is 1. The molecule has 1 atom stereocenters. The second-order valence-corrected chi connectivity index (χ2v) is 7.53. The van der Waals surface area contributed by atoms with Gasteiger partial charge in [0, 0.05) is 67.0 Å². The molecule has 25 heavy (non-hydrogen) atoms. The average molecular weight is 451 g/mol. The number of nitrogens with zero attached hydrogens (tertiary/aromatic N) is 1. The van der Waals surface area contributed by atoms with Gasteiger partial charge in [-0.05, 0) is 42.5 Å². The Labute approximate surface area is 170 Å². The quantitative estimate of drug-likeness (QED) is 0.737. The zero-order chi connectivity index (χ0) is 15.6. The lowest BCUT2D eigenvalue weighted by Crippen LogP contribution is -2.47. The van der Waals surface area contributed by atoms with Crippen LogP contribution < -0.4 is 5.32 Å². The maximum absolute atomic E-state index is 5.61. The molecule has 7 heteroatoms. The van der Waals surface area contributed by atoms with E-state index in [1.54, 1.807) is 0 Å². The maximum atomic E-state index is 5.61. The summed E-state index contributed by atoms with van der Waals surface area (Å²) in [6, 6.07) is 7.03. The molecule has 140 valence electrons. The summed E-state index contributed by atoms with van der Waals surface area (Å²) in [4.78, 5) is 6.16. The number of piperazine rings is 1. The minimum absolute atomic E-state index is 0. The van der Waals surface area contributed by atoms with Crippen LogP contribution in [0.5, 0.6) is 0 Å². The fourth-order valence-electron chi connectivity index (χ4n) is 4.10. The van der Waals surface area contributed by atoms with Gasteiger partial charge in [0.05, 0.1) is 0 Å². The first kappa shape index (κ1) is 21.0. The number of hydrogen-bond donors (Lipinski definition) is 2. The molecule has 0 spiro atoms. The molecule has 3 heterocycles. The monoisotopic (exact) mass is 449 g/mol. The van der Waals surface area contributed by atoms with Gasteiger partial charge in [0.1, 0.15) is 0 Å². The van der Waals surface area contributed by atoms with Crippen molar-refractivity contribution < 1.29 is 4.74 Å². The van der Waals surface area contributed by atoms with E-state index < -0.39 is 0 Å². The van der Waals surface area contributed by atoms with Gasteiger partial charge in [-0.3, -0.25) is 4.90 Å². The van der Waals surface area contributed by atoms with Crippen LogP contribution in [-0.4, -0.2) is 49.3 Å². The molecule has 4 nitrogen and oxygen atoms in total. The number of halogens is 3. The SMILES string of the molecule is Brc1ccc2[nH]cc([C@@H](C3CCOCC3)N3CCNCC3)c2c1.Cl.Cl. The highest BCUT2D eigenvalue weighted by atomic mass is 79.9. The van der Waals surface area contributed by atoms with Gasteiger partial charge in [0.25, 0.3) is 0 Å². The Hall–Kier alpha value is -0.300. The van der Waals surface area contributed by atoms with Crippen molar-refractivity contribution in [3.63, 3.8) is 0 Å². The Morgan fingerprint density at radius 3 is 2.56 bits per heavy atom. The van der Waals surface area contributed by atoms with Crippen LogP contribution in [0.2, 0.25) is 0 Å². The number of nitrogens with one attached hydrogen (secondary N) is 2. The molecule has 4 rings (SSSR count). The van der Waals surface area contributed by atoms with Crippen LogP contribution in [0.1, 0.15) is 24.4 Å². The molecule has 2 fully saturated rings. The molecule has 0 bridgehead atoms. The first-order chi connectivity index (χ1) is 11.3. The van der Waals surface area contributed by atoms with Crippen molar-refractivity contribution in [2.45, 2.75) is 18.9 Å². The minimum atomic E-state index is 0. The van der Waals surface area contributed by atoms with Crippen LogP contribution in [0.15, 0.2) is 28.9 Å². The standard InChI is InChI=1S/C18H24BrN3O.2ClH/c19-14-1-2-17-15(11-14)16(12-21-17)18(13-3-9-23-10-4-13)22-7-5-20-6-8-22;;/h1-2,11-13,18,20-21H,3-10H2;2*1H/t18-;;/m1../s1. The Morgan fingerprint density at radius 2 is 1.84 bits per heavy atom. The van der Waals surface area contributed by atoms with Gasteiger partial charge in [-0.15, -0.1) is 24.8 Å². The molecule has 2 aromatic rings. The third kappa shape index (κ3) is 4.52. The Balaban J connectivity index is 0.00000113. The maximum Gasteiger partial charge on any atom is 0.0469 e. The van der Waals surface area contributed by atoms with Crippen LogP contribution in [0.3, 0.4) is 0 Å². The summed E-state index contributed by atoms with van der Waals surface area (Å²) in [6.07, 6.45) is 4.56. The predicted molar refractivity (Wildman–Crippen MR) is 111 cm³/mol. The van der Waals surface area contributed by atoms with Crippen molar-refractivity contribution in [1.82, 2.24) is 15.2 Å². The lowest BCUT2D eigenvalue weighted by atomic mass is 9.85. The number of aromatic amines is 1. The van der Waals surface area contributed by atoms with Crippen molar-refractivity contribution in [2.75, 3.05) is 39.4 Å². The molecule has 0 aliphatic carbocycles. The lowest BCUT2D eigenvalue weighted by molar-refractivity contribution is 0.0217. The van der Waals surface area contributed by atoms with E-state index in [1.165, 1.54) is 16.5 Å². The average Bonchev–Trinajstić information content (AvgIpc) is 3.00. The van der Waals surface area contributed by atoms with E-state index in [0.717, 1.165) is 56.7 Å². The third-order valence-electron chi connectivity index (χ3n) is 5.25. The van der Waals surface area contributed by atoms with Gasteiger partial charge in [0.15, 0.2) is 0 Å². The number of ether oxygens (including phenoxy) is 1. The molecule has 2 N–H and O–H groups in total. The molecule has 0 unspecified atom stereocenters. The van der Waals surface area contributed by atoms with Gasteiger partial charge in [-0.2, -0.15) is 0 Å². The molecule has 0 radical (unpaired) electrons. The van der Waals surface area contributed by atoms with Crippen LogP contribution in [0.25, 0.3) is 10.9 Å². The fraction of sp³-hybridized carbons (Fsp3) is 0.556. The van der Waals surface area contributed by atoms with Crippen LogP contribution >= 0.6 is 40.7 Å². The number of fused-ring (bicyclic) bond motifs is 1. The summed E-state index contributed by atoms with van der Waals surface area (Å²) >= 11 is 3.63. The minimum Gasteiger partial charge on any atom is -0.381 e. The van der Waals surface area contributed by atoms with E-state index in [9.17, 15) is 0 Å². The summed E-state index contributed by atoms with van der Waals surface area (Å²) in [5, 5.41) is 4.84. The normalized spacial score (nSPS) is 20.7. The van der Waals surface area contributed by atoms with Crippen molar-refractivity contribution in [2.24, 2.45) is 5.92 Å². The summed E-state index contributed by atoms with van der Waals surface area (Å²) < 4.78 is 6.76. The van der Waals surface area contributed by atoms with Gasteiger partial charge in [-0.25, -0.2) is 0 Å². The highest BCUT2D eigenvalue weighted by molar-refractivity contribution is 9.10. The molecule has 0 amide bonds. The number of benzene rings is 1. The number of aromatic nitrogens is 1. The molecule has 0 saturated carbocycles. The Bertz CT molecular complexity index is 651. The van der Waals surface area contributed by atoms with E-state index in [0.29, 0.717) is 12.0 Å². The van der Waals surface area contributed by atoms with E-state index >= 15 is 0 Å². The van der Waals surface area contributed by atoms with Crippen LogP contribution in [-0.2, 0) is 4.74 Å². The topological polar surface area (TPSA) is 40.3 Å². The highest BCUT2D eigenvalue weighted by Gasteiger charge is 2.32. The van der Waals surface area contributed by atoms with Crippen molar-refractivity contribution in [1.29, 1.82) is 0 Å². The molecule has 2 saturated heterocycles. The number of hydrogen-bond acceptors (Lipinski definition) is 3. The Morgan fingerprint density at radius 1 is 1.12 bits per heavy atom. The fourth-order valence-corrected chi connectivity index (χ4v) is 4.46. The van der Waals surface area contributed by atoms with E-state index in [2.05, 4.69) is 55.5 Å². The van der Waals surface area contributed by atoms with E-state index in [4.69, 9.17) is 4.74 Å². The largest absolute Gasteiger partial charge is 0.381 e.